The Labute approximate surface area is 167 Å². The van der Waals surface area contributed by atoms with Gasteiger partial charge in [-0.2, -0.15) is 5.26 Å². The van der Waals surface area contributed by atoms with Crippen LogP contribution in [0.2, 0.25) is 0 Å². The number of nitriles is 1. The standard InChI is InChI=1S/C22H18N4O3/c1-14(27)26(17-6-2-5-16(24)11-17)13-15(12-23)22(29)25-20-9-3-8-19-18(20)7-4-10-21(19)28/h2-11,13,28H,24H2,1H3,(H,25,29)/b15-13-. The molecule has 0 aliphatic heterocycles. The van der Waals surface area contributed by atoms with E-state index in [9.17, 15) is 20.0 Å². The molecule has 144 valence electrons. The maximum absolute atomic E-state index is 12.7. The third-order valence-electron chi connectivity index (χ3n) is 4.26. The third kappa shape index (κ3) is 4.17. The molecule has 0 saturated carbocycles. The Morgan fingerprint density at radius 1 is 1.10 bits per heavy atom. The van der Waals surface area contributed by atoms with Crippen LogP contribution < -0.4 is 16.0 Å². The number of nitrogen functional groups attached to an aromatic ring is 1. The predicted molar refractivity (Wildman–Crippen MR) is 112 cm³/mol. The van der Waals surface area contributed by atoms with Crippen LogP contribution in [0.1, 0.15) is 6.92 Å². The summed E-state index contributed by atoms with van der Waals surface area (Å²) >= 11 is 0. The van der Waals surface area contributed by atoms with Gasteiger partial charge in [-0.05, 0) is 30.3 Å². The molecule has 0 heterocycles. The molecule has 0 aliphatic rings. The fourth-order valence-electron chi connectivity index (χ4n) is 2.88. The number of hydrogen-bond donors (Lipinski definition) is 3. The quantitative estimate of drug-likeness (QED) is 0.360. The number of rotatable bonds is 4. The van der Waals surface area contributed by atoms with Crippen LogP contribution in [-0.2, 0) is 9.59 Å². The maximum Gasteiger partial charge on any atom is 0.267 e. The molecule has 7 heteroatoms. The number of fused-ring (bicyclic) bond motifs is 1. The summed E-state index contributed by atoms with van der Waals surface area (Å²) in [6, 6.07) is 18.4. The molecule has 0 aromatic heterocycles. The minimum atomic E-state index is -0.682. The van der Waals surface area contributed by atoms with E-state index in [2.05, 4.69) is 5.32 Å². The summed E-state index contributed by atoms with van der Waals surface area (Å²) in [6.07, 6.45) is 1.18. The first-order valence-electron chi connectivity index (χ1n) is 8.70. The number of nitrogens with zero attached hydrogens (tertiary/aromatic N) is 2. The maximum atomic E-state index is 12.7. The van der Waals surface area contributed by atoms with Crippen LogP contribution in [-0.4, -0.2) is 16.9 Å². The molecule has 0 spiro atoms. The van der Waals surface area contributed by atoms with Gasteiger partial charge in [-0.3, -0.25) is 14.5 Å². The Hall–Kier alpha value is -4.31. The van der Waals surface area contributed by atoms with Crippen LogP contribution >= 0.6 is 0 Å². The molecule has 3 aromatic rings. The topological polar surface area (TPSA) is 119 Å². The first-order valence-corrected chi connectivity index (χ1v) is 8.70. The SMILES string of the molecule is CC(=O)N(/C=C(/C#N)C(=O)Nc1cccc2c(O)cccc12)c1cccc(N)c1. The average Bonchev–Trinajstić information content (AvgIpc) is 2.69. The van der Waals surface area contributed by atoms with E-state index in [4.69, 9.17) is 5.73 Å². The largest absolute Gasteiger partial charge is 0.507 e. The van der Waals surface area contributed by atoms with Crippen molar-refractivity contribution in [2.45, 2.75) is 6.92 Å². The number of benzene rings is 3. The van der Waals surface area contributed by atoms with E-state index in [0.29, 0.717) is 27.8 Å². The first kappa shape index (κ1) is 19.5. The highest BCUT2D eigenvalue weighted by atomic mass is 16.3. The van der Waals surface area contributed by atoms with Crippen LogP contribution in [0.3, 0.4) is 0 Å². The number of nitrogens with one attached hydrogen (secondary N) is 1. The van der Waals surface area contributed by atoms with Gasteiger partial charge in [0.05, 0.1) is 5.69 Å². The van der Waals surface area contributed by atoms with Gasteiger partial charge >= 0.3 is 0 Å². The zero-order chi connectivity index (χ0) is 21.0. The molecule has 2 amide bonds. The van der Waals surface area contributed by atoms with E-state index in [1.54, 1.807) is 60.7 Å². The van der Waals surface area contributed by atoms with Crippen molar-refractivity contribution in [3.63, 3.8) is 0 Å². The zero-order valence-corrected chi connectivity index (χ0v) is 15.6. The molecule has 0 atom stereocenters. The molecule has 0 saturated heterocycles. The van der Waals surface area contributed by atoms with Crippen molar-refractivity contribution in [1.29, 1.82) is 5.26 Å². The van der Waals surface area contributed by atoms with Crippen LogP contribution in [0, 0.1) is 11.3 Å². The molecule has 3 aromatic carbocycles. The lowest BCUT2D eigenvalue weighted by molar-refractivity contribution is -0.116. The van der Waals surface area contributed by atoms with Gasteiger partial charge in [0.1, 0.15) is 17.4 Å². The highest BCUT2D eigenvalue weighted by molar-refractivity contribution is 6.12. The Balaban J connectivity index is 1.95. The van der Waals surface area contributed by atoms with Crippen molar-refractivity contribution >= 4 is 39.6 Å². The molecule has 29 heavy (non-hydrogen) atoms. The van der Waals surface area contributed by atoms with Crippen molar-refractivity contribution in [2.24, 2.45) is 0 Å². The smallest absolute Gasteiger partial charge is 0.267 e. The Bertz CT molecular complexity index is 1180. The van der Waals surface area contributed by atoms with Gasteiger partial charge in [0.25, 0.3) is 5.91 Å². The van der Waals surface area contributed by atoms with Crippen molar-refractivity contribution in [3.05, 3.63) is 72.4 Å². The van der Waals surface area contributed by atoms with Crippen molar-refractivity contribution < 1.29 is 14.7 Å². The fourth-order valence-corrected chi connectivity index (χ4v) is 2.88. The van der Waals surface area contributed by atoms with Crippen molar-refractivity contribution in [3.8, 4) is 11.8 Å². The molecule has 7 nitrogen and oxygen atoms in total. The highest BCUT2D eigenvalue weighted by Crippen LogP contribution is 2.30. The second-order valence-electron chi connectivity index (χ2n) is 6.27. The zero-order valence-electron chi connectivity index (χ0n) is 15.6. The van der Waals surface area contributed by atoms with E-state index in [0.717, 1.165) is 0 Å². The molecular weight excluding hydrogens is 368 g/mol. The molecule has 4 N–H and O–H groups in total. The van der Waals surface area contributed by atoms with E-state index in [1.165, 1.54) is 18.0 Å². The lowest BCUT2D eigenvalue weighted by Gasteiger charge is -2.17. The number of nitrogens with two attached hydrogens (primary N) is 1. The molecule has 3 rings (SSSR count). The van der Waals surface area contributed by atoms with Gasteiger partial charge in [-0.25, -0.2) is 0 Å². The molecule has 0 aliphatic carbocycles. The minimum Gasteiger partial charge on any atom is -0.507 e. The monoisotopic (exact) mass is 386 g/mol. The highest BCUT2D eigenvalue weighted by Gasteiger charge is 2.16. The van der Waals surface area contributed by atoms with Gasteiger partial charge in [-0.15, -0.1) is 0 Å². The molecule has 0 fully saturated rings. The molecule has 0 bridgehead atoms. The van der Waals surface area contributed by atoms with Gasteiger partial charge in [-0.1, -0.05) is 30.3 Å². The van der Waals surface area contributed by atoms with Gasteiger partial charge < -0.3 is 16.2 Å². The van der Waals surface area contributed by atoms with Crippen LogP contribution in [0.4, 0.5) is 17.1 Å². The minimum absolute atomic E-state index is 0.0825. The summed E-state index contributed by atoms with van der Waals surface area (Å²) in [4.78, 5) is 26.0. The predicted octanol–water partition coefficient (Wildman–Crippen LogP) is 3.53. The van der Waals surface area contributed by atoms with Crippen LogP contribution in [0.15, 0.2) is 72.4 Å². The summed E-state index contributed by atoms with van der Waals surface area (Å²) in [7, 11) is 0. The Morgan fingerprint density at radius 2 is 1.79 bits per heavy atom. The van der Waals surface area contributed by atoms with E-state index < -0.39 is 5.91 Å². The van der Waals surface area contributed by atoms with E-state index in [1.807, 2.05) is 6.07 Å². The summed E-state index contributed by atoms with van der Waals surface area (Å²) in [5.41, 5.74) is 6.82. The van der Waals surface area contributed by atoms with Crippen LogP contribution in [0.25, 0.3) is 10.8 Å². The average molecular weight is 386 g/mol. The normalized spacial score (nSPS) is 11.0. The molecular formula is C22H18N4O3. The summed E-state index contributed by atoms with van der Waals surface area (Å²) in [5, 5.41) is 23.3. The lowest BCUT2D eigenvalue weighted by Crippen LogP contribution is -2.25. The Morgan fingerprint density at radius 3 is 2.48 bits per heavy atom. The number of phenolic OH excluding ortho intramolecular Hbond substituents is 1. The number of carbonyl (C=O) groups is 2. The van der Waals surface area contributed by atoms with Gasteiger partial charge in [0.15, 0.2) is 0 Å². The first-order chi connectivity index (χ1) is 13.9. The summed E-state index contributed by atoms with van der Waals surface area (Å²) < 4.78 is 0. The van der Waals surface area contributed by atoms with E-state index >= 15 is 0 Å². The second-order valence-corrected chi connectivity index (χ2v) is 6.27. The van der Waals surface area contributed by atoms with Gasteiger partial charge in [0, 0.05) is 35.3 Å². The number of carbonyl (C=O) groups excluding carboxylic acids is 2. The summed E-state index contributed by atoms with van der Waals surface area (Å²) in [5.74, 6) is -0.983. The number of hydrogen-bond acceptors (Lipinski definition) is 5. The van der Waals surface area contributed by atoms with Crippen LogP contribution in [0.5, 0.6) is 5.75 Å². The fraction of sp³-hybridized carbons (Fsp3) is 0.0455. The third-order valence-corrected chi connectivity index (χ3v) is 4.26. The lowest BCUT2D eigenvalue weighted by atomic mass is 10.1. The van der Waals surface area contributed by atoms with E-state index in [-0.39, 0.29) is 17.2 Å². The van der Waals surface area contributed by atoms with Gasteiger partial charge in [0.2, 0.25) is 5.91 Å². The van der Waals surface area contributed by atoms with Crippen molar-refractivity contribution in [2.75, 3.05) is 16.0 Å². The van der Waals surface area contributed by atoms with Crippen molar-refractivity contribution in [1.82, 2.24) is 0 Å². The summed E-state index contributed by atoms with van der Waals surface area (Å²) in [6.45, 7) is 1.32. The Kier molecular flexibility index (Phi) is 5.47. The number of phenols is 1. The number of amides is 2. The molecule has 0 unspecified atom stereocenters. The molecule has 0 radical (unpaired) electrons. The number of anilines is 3. The number of aromatic hydroxyl groups is 1. The second kappa shape index (κ2) is 8.15.